The Balaban J connectivity index is 0.00000484. The third-order valence-electron chi connectivity index (χ3n) is 6.54. The van der Waals surface area contributed by atoms with Crippen LogP contribution in [0.2, 0.25) is 0 Å². The van der Waals surface area contributed by atoms with Gasteiger partial charge in [-0.1, -0.05) is 43.8 Å². The second-order valence-electron chi connectivity index (χ2n) is 10.2. The normalized spacial score (nSPS) is 14.2. The molecule has 1 aliphatic heterocycles. The van der Waals surface area contributed by atoms with Gasteiger partial charge in [-0.3, -0.25) is 9.20 Å². The van der Waals surface area contributed by atoms with E-state index in [1.54, 1.807) is 53.2 Å². The van der Waals surface area contributed by atoms with Crippen molar-refractivity contribution in [3.63, 3.8) is 0 Å². The summed E-state index contributed by atoms with van der Waals surface area (Å²) in [6.45, 7) is 7.05. The highest BCUT2D eigenvalue weighted by Crippen LogP contribution is 2.19. The van der Waals surface area contributed by atoms with Gasteiger partial charge < -0.3 is 35.1 Å². The summed E-state index contributed by atoms with van der Waals surface area (Å²) in [6, 6.07) is 14.3. The molecule has 13 heteroatoms. The Hall–Kier alpha value is -4.23. The molecule has 0 unspecified atom stereocenters. The van der Waals surface area contributed by atoms with Crippen molar-refractivity contribution in [3.05, 3.63) is 65.6 Å². The Morgan fingerprint density at radius 1 is 0.929 bits per heavy atom. The Morgan fingerprint density at radius 3 is 2.19 bits per heavy atom. The molecule has 228 valence electrons. The van der Waals surface area contributed by atoms with Gasteiger partial charge in [-0.25, -0.2) is 9.59 Å². The third kappa shape index (κ3) is 8.17. The van der Waals surface area contributed by atoms with Crippen LogP contribution >= 0.6 is 0 Å². The van der Waals surface area contributed by atoms with Crippen LogP contribution < -0.4 is 11.1 Å². The molecule has 42 heavy (non-hydrogen) atoms. The molecule has 0 aliphatic carbocycles. The number of ether oxygens (including phenoxy) is 3. The fourth-order valence-electron chi connectivity index (χ4n) is 4.28. The van der Waals surface area contributed by atoms with Crippen molar-refractivity contribution in [1.82, 2.24) is 29.7 Å². The smallest absolute Gasteiger partial charge is 0.410 e. The predicted octanol–water partition coefficient (Wildman–Crippen LogP) is 2.89. The minimum absolute atomic E-state index is 0. The molecule has 1 aliphatic rings. The van der Waals surface area contributed by atoms with Gasteiger partial charge in [-0.2, -0.15) is 0 Å². The first-order chi connectivity index (χ1) is 19.7. The Labute approximate surface area is 245 Å². The van der Waals surface area contributed by atoms with E-state index in [9.17, 15) is 14.4 Å². The van der Waals surface area contributed by atoms with Crippen LogP contribution in [0.3, 0.4) is 0 Å². The van der Waals surface area contributed by atoms with Crippen molar-refractivity contribution in [2.75, 3.05) is 39.4 Å². The van der Waals surface area contributed by atoms with Crippen LogP contribution in [-0.2, 0) is 32.2 Å². The van der Waals surface area contributed by atoms with E-state index in [1.807, 2.05) is 30.3 Å². The van der Waals surface area contributed by atoms with Gasteiger partial charge in [0, 0.05) is 26.2 Å². The fraction of sp³-hybridized carbons (Fsp3) is 0.483. The summed E-state index contributed by atoms with van der Waals surface area (Å²) >= 11 is 0. The average molecular weight is 584 g/mol. The summed E-state index contributed by atoms with van der Waals surface area (Å²) in [4.78, 5) is 40.8. The van der Waals surface area contributed by atoms with Gasteiger partial charge in [-0.05, 0) is 38.5 Å². The zero-order valence-electron chi connectivity index (χ0n) is 23.6. The van der Waals surface area contributed by atoms with Crippen LogP contribution in [-0.4, -0.2) is 87.4 Å². The number of carbonyl (C=O) groups excluding carboxylic acids is 3. The van der Waals surface area contributed by atoms with E-state index in [1.165, 1.54) is 0 Å². The van der Waals surface area contributed by atoms with E-state index in [0.29, 0.717) is 56.6 Å². The second kappa shape index (κ2) is 14.6. The van der Waals surface area contributed by atoms with E-state index >= 15 is 0 Å². The minimum Gasteiger partial charge on any atom is -0.450 e. The van der Waals surface area contributed by atoms with Crippen LogP contribution in [0.4, 0.5) is 9.59 Å². The Bertz CT molecular complexity index is 1330. The third-order valence-corrected chi connectivity index (χ3v) is 6.54. The molecule has 13 nitrogen and oxygen atoms in total. The number of aromatic nitrogens is 3. The lowest BCUT2D eigenvalue weighted by Gasteiger charge is -2.33. The van der Waals surface area contributed by atoms with Crippen LogP contribution in [0.5, 0.6) is 0 Å². The van der Waals surface area contributed by atoms with Gasteiger partial charge >= 0.3 is 12.2 Å². The topological polar surface area (TPSA) is 154 Å². The number of benzene rings is 1. The van der Waals surface area contributed by atoms with E-state index in [4.69, 9.17) is 19.9 Å². The predicted molar refractivity (Wildman–Crippen MR) is 155 cm³/mol. The fourth-order valence-corrected chi connectivity index (χ4v) is 4.28. The highest BCUT2D eigenvalue weighted by atomic mass is 16.6. The average Bonchev–Trinajstić information content (AvgIpc) is 3.40. The molecule has 0 radical (unpaired) electrons. The zero-order chi connectivity index (χ0) is 29.4. The number of carbonyl (C=O) groups is 3. The highest BCUT2D eigenvalue weighted by Gasteiger charge is 2.29. The summed E-state index contributed by atoms with van der Waals surface area (Å²) in [7, 11) is 0. The molecule has 0 saturated carbocycles. The van der Waals surface area contributed by atoms with Crippen molar-refractivity contribution in [3.8, 4) is 0 Å². The van der Waals surface area contributed by atoms with E-state index < -0.39 is 17.7 Å². The zero-order valence-corrected chi connectivity index (χ0v) is 23.6. The number of nitrogens with one attached hydrogen (secondary N) is 1. The van der Waals surface area contributed by atoms with Crippen molar-refractivity contribution in [2.24, 2.45) is 5.73 Å². The van der Waals surface area contributed by atoms with Gasteiger partial charge in [0.15, 0.2) is 11.5 Å². The SMILES string of the molecule is C.CCOC(=O)N1CCN(C(=O)OCc2cccc3nnc([C@@H](COCc4ccccc4)NC(=O)C(C)(C)N)n23)CC1. The maximum Gasteiger partial charge on any atom is 0.410 e. The Kier molecular flexibility index (Phi) is 11.2. The molecule has 1 aromatic carbocycles. The van der Waals surface area contributed by atoms with Gasteiger partial charge in [0.25, 0.3) is 0 Å². The molecule has 2 aromatic heterocycles. The molecule has 4 rings (SSSR count). The maximum atomic E-state index is 12.9. The molecule has 0 bridgehead atoms. The number of fused-ring (bicyclic) bond motifs is 1. The largest absolute Gasteiger partial charge is 0.450 e. The lowest BCUT2D eigenvalue weighted by atomic mass is 10.1. The number of pyridine rings is 1. The highest BCUT2D eigenvalue weighted by molar-refractivity contribution is 5.85. The molecular weight excluding hydrogens is 542 g/mol. The summed E-state index contributed by atoms with van der Waals surface area (Å²) in [6.07, 6.45) is -0.888. The summed E-state index contributed by atoms with van der Waals surface area (Å²) in [5.74, 6) is 0.0359. The standard InChI is InChI=1S/C28H37N7O6.CH4/c1-4-40-26(37)33-13-15-34(16-14-33)27(38)41-18-21-11-8-12-23-31-32-24(35(21)23)22(30-25(36)28(2,3)29)19-39-17-20-9-6-5-7-10-20;/h5-12,22H,4,13-19,29H2,1-3H3,(H,30,36);1H4/t22-;/m1./s1. The molecule has 3 amide bonds. The van der Waals surface area contributed by atoms with Gasteiger partial charge in [0.05, 0.1) is 31.1 Å². The van der Waals surface area contributed by atoms with Crippen molar-refractivity contribution in [1.29, 1.82) is 0 Å². The van der Waals surface area contributed by atoms with Gasteiger partial charge in [0.2, 0.25) is 5.91 Å². The molecule has 3 heterocycles. The number of hydrogen-bond donors (Lipinski definition) is 2. The van der Waals surface area contributed by atoms with Gasteiger partial charge in [0.1, 0.15) is 12.6 Å². The first-order valence-electron chi connectivity index (χ1n) is 13.5. The van der Waals surface area contributed by atoms with Crippen LogP contribution in [0.1, 0.15) is 51.3 Å². The van der Waals surface area contributed by atoms with Crippen molar-refractivity contribution >= 4 is 23.7 Å². The number of hydrogen-bond acceptors (Lipinski definition) is 9. The second-order valence-corrected chi connectivity index (χ2v) is 10.2. The molecule has 3 N–H and O–H groups in total. The minimum atomic E-state index is -1.13. The molecular formula is C29H41N7O6. The first kappa shape index (κ1) is 32.3. The number of amides is 3. The Morgan fingerprint density at radius 2 is 1.57 bits per heavy atom. The number of nitrogens with zero attached hydrogens (tertiary/aromatic N) is 5. The van der Waals surface area contributed by atoms with Crippen LogP contribution in [0.25, 0.3) is 5.65 Å². The number of nitrogens with two attached hydrogens (primary N) is 1. The molecule has 3 aromatic rings. The van der Waals surface area contributed by atoms with Crippen LogP contribution in [0, 0.1) is 0 Å². The van der Waals surface area contributed by atoms with Gasteiger partial charge in [-0.15, -0.1) is 10.2 Å². The number of rotatable bonds is 10. The molecule has 1 saturated heterocycles. The summed E-state index contributed by atoms with van der Waals surface area (Å²) in [5, 5.41) is 11.6. The van der Waals surface area contributed by atoms with Crippen molar-refractivity contribution in [2.45, 2.75) is 53.0 Å². The molecule has 1 fully saturated rings. The molecule has 1 atom stereocenters. The molecule has 0 spiro atoms. The lowest BCUT2D eigenvalue weighted by Crippen LogP contribution is -2.51. The summed E-state index contributed by atoms with van der Waals surface area (Å²) in [5.41, 5.74) is 7.03. The van der Waals surface area contributed by atoms with E-state index in [-0.39, 0.29) is 32.6 Å². The first-order valence-corrected chi connectivity index (χ1v) is 13.5. The van der Waals surface area contributed by atoms with E-state index in [2.05, 4.69) is 15.5 Å². The number of piperazine rings is 1. The summed E-state index contributed by atoms with van der Waals surface area (Å²) < 4.78 is 18.4. The lowest BCUT2D eigenvalue weighted by molar-refractivity contribution is -0.126. The monoisotopic (exact) mass is 583 g/mol. The van der Waals surface area contributed by atoms with E-state index in [0.717, 1.165) is 5.56 Å². The quantitative estimate of drug-likeness (QED) is 0.367. The van der Waals surface area contributed by atoms with Crippen LogP contribution in [0.15, 0.2) is 48.5 Å². The maximum absolute atomic E-state index is 12.9. The van der Waals surface area contributed by atoms with Crippen molar-refractivity contribution < 1.29 is 28.6 Å².